The zero-order valence-corrected chi connectivity index (χ0v) is 9.67. The van der Waals surface area contributed by atoms with Crippen LogP contribution in [-0.2, 0) is 12.7 Å². The molecule has 2 rings (SSSR count). The number of hydrogen-bond acceptors (Lipinski definition) is 2. The molecule has 0 saturated carbocycles. The van der Waals surface area contributed by atoms with E-state index in [9.17, 15) is 17.6 Å². The Labute approximate surface area is 102 Å². The standard InChI is InChI=1S/C12H14F4N2/c13-10-4-8(3-9(5-10)12(14,15)16)6-18-2-1-11(17)7-18/h3-5,11H,1-2,6-7,17H2. The molecular weight excluding hydrogens is 248 g/mol. The molecule has 1 heterocycles. The van der Waals surface area contributed by atoms with Gasteiger partial charge in [0, 0.05) is 25.7 Å². The first-order valence-corrected chi connectivity index (χ1v) is 5.69. The molecular formula is C12H14F4N2. The number of rotatable bonds is 2. The quantitative estimate of drug-likeness (QED) is 0.829. The van der Waals surface area contributed by atoms with Crippen molar-refractivity contribution >= 4 is 0 Å². The zero-order chi connectivity index (χ0) is 13.3. The van der Waals surface area contributed by atoms with Crippen LogP contribution in [-0.4, -0.2) is 24.0 Å². The molecule has 2 N–H and O–H groups in total. The second-order valence-electron chi connectivity index (χ2n) is 4.63. The second-order valence-corrected chi connectivity index (χ2v) is 4.63. The van der Waals surface area contributed by atoms with E-state index in [1.165, 1.54) is 0 Å². The van der Waals surface area contributed by atoms with Crippen molar-refractivity contribution < 1.29 is 17.6 Å². The van der Waals surface area contributed by atoms with E-state index in [0.29, 0.717) is 24.7 Å². The Morgan fingerprint density at radius 2 is 2.00 bits per heavy atom. The SMILES string of the molecule is NC1CCN(Cc2cc(F)cc(C(F)(F)F)c2)C1. The maximum Gasteiger partial charge on any atom is 0.416 e. The molecule has 1 atom stereocenters. The number of alkyl halides is 3. The predicted octanol–water partition coefficient (Wildman–Crippen LogP) is 2.38. The first-order valence-electron chi connectivity index (χ1n) is 5.69. The fraction of sp³-hybridized carbons (Fsp3) is 0.500. The molecule has 2 nitrogen and oxygen atoms in total. The molecule has 1 fully saturated rings. The van der Waals surface area contributed by atoms with E-state index in [2.05, 4.69) is 0 Å². The molecule has 1 aromatic carbocycles. The predicted molar refractivity (Wildman–Crippen MR) is 59.3 cm³/mol. The van der Waals surface area contributed by atoms with Gasteiger partial charge >= 0.3 is 6.18 Å². The highest BCUT2D eigenvalue weighted by molar-refractivity contribution is 5.27. The van der Waals surface area contributed by atoms with Gasteiger partial charge in [-0.15, -0.1) is 0 Å². The van der Waals surface area contributed by atoms with Crippen LogP contribution in [0.25, 0.3) is 0 Å². The van der Waals surface area contributed by atoms with Crippen molar-refractivity contribution in [1.29, 1.82) is 0 Å². The van der Waals surface area contributed by atoms with Gasteiger partial charge in [0.1, 0.15) is 5.82 Å². The van der Waals surface area contributed by atoms with E-state index >= 15 is 0 Å². The maximum atomic E-state index is 13.2. The Balaban J connectivity index is 2.15. The van der Waals surface area contributed by atoms with E-state index in [1.54, 1.807) is 0 Å². The topological polar surface area (TPSA) is 29.3 Å². The van der Waals surface area contributed by atoms with Crippen molar-refractivity contribution in [2.24, 2.45) is 5.73 Å². The van der Waals surface area contributed by atoms with Crippen LogP contribution in [0.15, 0.2) is 18.2 Å². The smallest absolute Gasteiger partial charge is 0.326 e. The Morgan fingerprint density at radius 1 is 1.28 bits per heavy atom. The maximum absolute atomic E-state index is 13.2. The van der Waals surface area contributed by atoms with E-state index in [-0.39, 0.29) is 6.04 Å². The van der Waals surface area contributed by atoms with E-state index < -0.39 is 17.6 Å². The van der Waals surface area contributed by atoms with Crippen LogP contribution < -0.4 is 5.73 Å². The zero-order valence-electron chi connectivity index (χ0n) is 9.67. The Morgan fingerprint density at radius 3 is 2.56 bits per heavy atom. The van der Waals surface area contributed by atoms with Gasteiger partial charge in [0.15, 0.2) is 0 Å². The number of nitrogens with two attached hydrogens (primary N) is 1. The molecule has 0 amide bonds. The summed E-state index contributed by atoms with van der Waals surface area (Å²) < 4.78 is 50.7. The summed E-state index contributed by atoms with van der Waals surface area (Å²) in [6.45, 7) is 1.67. The van der Waals surface area contributed by atoms with Crippen molar-refractivity contribution in [2.75, 3.05) is 13.1 Å². The summed E-state index contributed by atoms with van der Waals surface area (Å²) in [5.74, 6) is -0.858. The third-order valence-corrected chi connectivity index (χ3v) is 3.00. The molecule has 0 aliphatic carbocycles. The van der Waals surface area contributed by atoms with Gasteiger partial charge in [-0.3, -0.25) is 4.90 Å². The van der Waals surface area contributed by atoms with Crippen LogP contribution in [0.1, 0.15) is 17.5 Å². The minimum Gasteiger partial charge on any atom is -0.326 e. The largest absolute Gasteiger partial charge is 0.416 e. The minimum absolute atomic E-state index is 0.0562. The van der Waals surface area contributed by atoms with Gasteiger partial charge in [0.2, 0.25) is 0 Å². The van der Waals surface area contributed by atoms with Gasteiger partial charge in [0.25, 0.3) is 0 Å². The highest BCUT2D eigenvalue weighted by Gasteiger charge is 2.31. The van der Waals surface area contributed by atoms with Gasteiger partial charge in [-0.25, -0.2) is 4.39 Å². The van der Waals surface area contributed by atoms with Crippen molar-refractivity contribution in [2.45, 2.75) is 25.2 Å². The van der Waals surface area contributed by atoms with Crippen molar-refractivity contribution in [3.63, 3.8) is 0 Å². The number of nitrogens with zero attached hydrogens (tertiary/aromatic N) is 1. The summed E-state index contributed by atoms with van der Waals surface area (Å²) in [6.07, 6.45) is -3.69. The Bertz CT molecular complexity index is 431. The summed E-state index contributed by atoms with van der Waals surface area (Å²) in [5.41, 5.74) is 5.10. The summed E-state index contributed by atoms with van der Waals surface area (Å²) in [6, 6.07) is 2.70. The molecule has 6 heteroatoms. The fourth-order valence-corrected chi connectivity index (χ4v) is 2.17. The van der Waals surface area contributed by atoms with E-state index in [0.717, 1.165) is 25.1 Å². The number of halogens is 4. The van der Waals surface area contributed by atoms with Gasteiger partial charge in [-0.05, 0) is 30.2 Å². The number of likely N-dealkylation sites (tertiary alicyclic amines) is 1. The normalized spacial score (nSPS) is 21.5. The van der Waals surface area contributed by atoms with Crippen LogP contribution in [0.2, 0.25) is 0 Å². The van der Waals surface area contributed by atoms with E-state index in [4.69, 9.17) is 5.73 Å². The fourth-order valence-electron chi connectivity index (χ4n) is 2.17. The van der Waals surface area contributed by atoms with Gasteiger partial charge in [0.05, 0.1) is 5.56 Å². The van der Waals surface area contributed by atoms with Gasteiger partial charge < -0.3 is 5.73 Å². The van der Waals surface area contributed by atoms with Gasteiger partial charge in [-0.1, -0.05) is 0 Å². The first-order chi connectivity index (χ1) is 8.34. The summed E-state index contributed by atoms with van der Waals surface area (Å²) in [7, 11) is 0. The molecule has 0 aromatic heterocycles. The lowest BCUT2D eigenvalue weighted by Crippen LogP contribution is -2.26. The lowest BCUT2D eigenvalue weighted by molar-refractivity contribution is -0.137. The summed E-state index contributed by atoms with van der Waals surface area (Å²) in [5, 5.41) is 0. The average Bonchev–Trinajstić information content (AvgIpc) is 2.61. The molecule has 1 aromatic rings. The van der Waals surface area contributed by atoms with Crippen molar-refractivity contribution in [3.05, 3.63) is 35.1 Å². The van der Waals surface area contributed by atoms with Crippen LogP contribution >= 0.6 is 0 Å². The Kier molecular flexibility index (Phi) is 3.59. The highest BCUT2D eigenvalue weighted by Crippen LogP contribution is 2.30. The molecule has 100 valence electrons. The second kappa shape index (κ2) is 4.85. The monoisotopic (exact) mass is 262 g/mol. The molecule has 0 spiro atoms. The first kappa shape index (κ1) is 13.3. The minimum atomic E-state index is -4.52. The van der Waals surface area contributed by atoms with Crippen LogP contribution in [0.3, 0.4) is 0 Å². The van der Waals surface area contributed by atoms with Gasteiger partial charge in [-0.2, -0.15) is 13.2 Å². The molecule has 1 aliphatic heterocycles. The third-order valence-electron chi connectivity index (χ3n) is 3.00. The third kappa shape index (κ3) is 3.20. The Hall–Kier alpha value is -1.14. The summed E-state index contributed by atoms with van der Waals surface area (Å²) in [4.78, 5) is 1.93. The lowest BCUT2D eigenvalue weighted by Gasteiger charge is -2.16. The highest BCUT2D eigenvalue weighted by atomic mass is 19.4. The molecule has 1 aliphatic rings. The van der Waals surface area contributed by atoms with Crippen LogP contribution in [0.4, 0.5) is 17.6 Å². The van der Waals surface area contributed by atoms with Crippen molar-refractivity contribution in [3.8, 4) is 0 Å². The van der Waals surface area contributed by atoms with Crippen molar-refractivity contribution in [1.82, 2.24) is 4.90 Å². The lowest BCUT2D eigenvalue weighted by atomic mass is 10.1. The molecule has 0 radical (unpaired) electrons. The molecule has 1 saturated heterocycles. The molecule has 1 unspecified atom stereocenters. The number of hydrogen-bond donors (Lipinski definition) is 1. The molecule has 0 bridgehead atoms. The summed E-state index contributed by atoms with van der Waals surface area (Å²) >= 11 is 0. The van der Waals surface area contributed by atoms with Crippen LogP contribution in [0, 0.1) is 5.82 Å². The number of benzene rings is 1. The van der Waals surface area contributed by atoms with E-state index in [1.807, 2.05) is 4.90 Å². The van der Waals surface area contributed by atoms with Crippen LogP contribution in [0.5, 0.6) is 0 Å². The average molecular weight is 262 g/mol. The molecule has 18 heavy (non-hydrogen) atoms.